The van der Waals surface area contributed by atoms with E-state index in [1.165, 1.54) is 12.1 Å². The molecule has 1 aromatic carbocycles. The minimum absolute atomic E-state index is 0.232. The lowest BCUT2D eigenvalue weighted by atomic mass is 9.81. The molecule has 16 heavy (non-hydrogen) atoms. The van der Waals surface area contributed by atoms with Crippen molar-refractivity contribution in [1.29, 1.82) is 5.26 Å². The molecule has 84 valence electrons. The molecule has 0 amide bonds. The van der Waals surface area contributed by atoms with Gasteiger partial charge >= 0.3 is 0 Å². The minimum atomic E-state index is -0.268. The van der Waals surface area contributed by atoms with Crippen LogP contribution in [0.3, 0.4) is 0 Å². The topological polar surface area (TPSA) is 23.8 Å². The van der Waals surface area contributed by atoms with E-state index in [0.29, 0.717) is 6.42 Å². The van der Waals surface area contributed by atoms with Gasteiger partial charge in [-0.25, -0.2) is 4.39 Å². The average Bonchev–Trinajstić information content (AvgIpc) is 2.73. The Morgan fingerprint density at radius 3 is 2.69 bits per heavy atom. The predicted octanol–water partition coefficient (Wildman–Crippen LogP) is 4.21. The monoisotopic (exact) mass is 281 g/mol. The maximum absolute atomic E-state index is 13.1. The number of nitrogens with zero attached hydrogens (tertiary/aromatic N) is 1. The maximum atomic E-state index is 13.1. The second-order valence-electron chi connectivity index (χ2n) is 4.51. The van der Waals surface area contributed by atoms with E-state index in [-0.39, 0.29) is 11.2 Å². The van der Waals surface area contributed by atoms with Crippen LogP contribution in [0.4, 0.5) is 4.39 Å². The fourth-order valence-corrected chi connectivity index (χ4v) is 2.81. The van der Waals surface area contributed by atoms with Crippen LogP contribution in [0.5, 0.6) is 0 Å². The van der Waals surface area contributed by atoms with Crippen LogP contribution in [0, 0.1) is 22.6 Å². The molecule has 0 aromatic heterocycles. The molecule has 0 unspecified atom stereocenters. The molecule has 0 heterocycles. The standard InChI is InChI=1S/C13H13BrFN/c14-12-4-3-11(15)7-10(12)8-13(9-16)5-1-2-6-13/h3-4,7H,1-2,5-6,8H2. The highest BCUT2D eigenvalue weighted by molar-refractivity contribution is 9.10. The Balaban J connectivity index is 2.26. The molecule has 0 aliphatic heterocycles. The van der Waals surface area contributed by atoms with Gasteiger partial charge in [0.05, 0.1) is 11.5 Å². The Morgan fingerprint density at radius 1 is 1.38 bits per heavy atom. The molecule has 0 radical (unpaired) electrons. The van der Waals surface area contributed by atoms with Crippen LogP contribution in [0.15, 0.2) is 22.7 Å². The molecule has 2 rings (SSSR count). The zero-order chi connectivity index (χ0) is 11.6. The summed E-state index contributed by atoms with van der Waals surface area (Å²) in [6.45, 7) is 0. The van der Waals surface area contributed by atoms with Gasteiger partial charge in [-0.1, -0.05) is 28.8 Å². The number of benzene rings is 1. The van der Waals surface area contributed by atoms with Crippen LogP contribution >= 0.6 is 15.9 Å². The van der Waals surface area contributed by atoms with Gasteiger partial charge in [-0.05, 0) is 43.0 Å². The third-order valence-corrected chi connectivity index (χ3v) is 4.11. The van der Waals surface area contributed by atoms with Crippen molar-refractivity contribution in [2.45, 2.75) is 32.1 Å². The zero-order valence-corrected chi connectivity index (χ0v) is 10.6. The quantitative estimate of drug-likeness (QED) is 0.797. The van der Waals surface area contributed by atoms with Crippen LogP contribution < -0.4 is 0 Å². The van der Waals surface area contributed by atoms with Crippen molar-refractivity contribution in [3.8, 4) is 6.07 Å². The predicted molar refractivity (Wildman–Crippen MR) is 64.3 cm³/mol. The van der Waals surface area contributed by atoms with Crippen molar-refractivity contribution >= 4 is 15.9 Å². The van der Waals surface area contributed by atoms with Crippen LogP contribution in [-0.4, -0.2) is 0 Å². The highest BCUT2D eigenvalue weighted by Crippen LogP contribution is 2.41. The number of hydrogen-bond acceptors (Lipinski definition) is 1. The van der Waals surface area contributed by atoms with Crippen molar-refractivity contribution in [3.63, 3.8) is 0 Å². The summed E-state index contributed by atoms with van der Waals surface area (Å²) >= 11 is 3.41. The van der Waals surface area contributed by atoms with Gasteiger partial charge in [0.1, 0.15) is 5.82 Å². The summed E-state index contributed by atoms with van der Waals surface area (Å²) in [4.78, 5) is 0. The van der Waals surface area contributed by atoms with Gasteiger partial charge in [-0.3, -0.25) is 0 Å². The molecule has 3 heteroatoms. The Labute approximate surface area is 103 Å². The van der Waals surface area contributed by atoms with E-state index in [0.717, 1.165) is 35.7 Å². The fourth-order valence-electron chi connectivity index (χ4n) is 2.42. The summed E-state index contributed by atoms with van der Waals surface area (Å²) in [5.41, 5.74) is 0.638. The van der Waals surface area contributed by atoms with Crippen LogP contribution in [0.1, 0.15) is 31.2 Å². The van der Waals surface area contributed by atoms with E-state index in [4.69, 9.17) is 0 Å². The summed E-state index contributed by atoms with van der Waals surface area (Å²) < 4.78 is 14.0. The molecule has 1 aromatic rings. The first-order valence-corrected chi connectivity index (χ1v) is 6.30. The normalized spacial score (nSPS) is 18.3. The van der Waals surface area contributed by atoms with Crippen molar-refractivity contribution in [2.24, 2.45) is 5.41 Å². The van der Waals surface area contributed by atoms with Crippen molar-refractivity contribution in [2.75, 3.05) is 0 Å². The number of hydrogen-bond donors (Lipinski definition) is 0. The smallest absolute Gasteiger partial charge is 0.123 e. The third kappa shape index (κ3) is 2.27. The molecule has 1 nitrogen and oxygen atoms in total. The molecule has 0 bridgehead atoms. The Bertz CT molecular complexity index is 430. The molecule has 1 saturated carbocycles. The third-order valence-electron chi connectivity index (χ3n) is 3.33. The van der Waals surface area contributed by atoms with Crippen molar-refractivity contribution in [3.05, 3.63) is 34.1 Å². The van der Waals surface area contributed by atoms with E-state index in [2.05, 4.69) is 22.0 Å². The highest BCUT2D eigenvalue weighted by Gasteiger charge is 2.34. The summed E-state index contributed by atoms with van der Waals surface area (Å²) in [6, 6.07) is 7.10. The number of nitriles is 1. The van der Waals surface area contributed by atoms with E-state index >= 15 is 0 Å². The van der Waals surface area contributed by atoms with E-state index in [9.17, 15) is 9.65 Å². The molecular weight excluding hydrogens is 269 g/mol. The van der Waals surface area contributed by atoms with Crippen LogP contribution in [0.25, 0.3) is 0 Å². The lowest BCUT2D eigenvalue weighted by Gasteiger charge is -2.20. The summed E-state index contributed by atoms with van der Waals surface area (Å²) in [7, 11) is 0. The molecule has 0 N–H and O–H groups in total. The van der Waals surface area contributed by atoms with E-state index in [1.807, 2.05) is 0 Å². The summed E-state index contributed by atoms with van der Waals surface area (Å²) in [5.74, 6) is -0.232. The molecule has 0 spiro atoms. The summed E-state index contributed by atoms with van der Waals surface area (Å²) in [5, 5.41) is 9.28. The number of rotatable bonds is 2. The Kier molecular flexibility index (Phi) is 3.30. The minimum Gasteiger partial charge on any atom is -0.207 e. The first-order valence-electron chi connectivity index (χ1n) is 5.50. The Hall–Kier alpha value is -0.880. The second-order valence-corrected chi connectivity index (χ2v) is 5.37. The molecule has 0 atom stereocenters. The first kappa shape index (κ1) is 11.6. The van der Waals surface area contributed by atoms with Crippen LogP contribution in [0.2, 0.25) is 0 Å². The van der Waals surface area contributed by atoms with Crippen molar-refractivity contribution < 1.29 is 4.39 Å². The van der Waals surface area contributed by atoms with Crippen LogP contribution in [-0.2, 0) is 6.42 Å². The average molecular weight is 282 g/mol. The fraction of sp³-hybridized carbons (Fsp3) is 0.462. The SMILES string of the molecule is N#CC1(Cc2cc(F)ccc2Br)CCCC1. The molecule has 1 fully saturated rings. The van der Waals surface area contributed by atoms with Gasteiger partial charge in [0, 0.05) is 4.47 Å². The van der Waals surface area contributed by atoms with Gasteiger partial charge in [0.2, 0.25) is 0 Å². The molecular formula is C13H13BrFN. The maximum Gasteiger partial charge on any atom is 0.123 e. The lowest BCUT2D eigenvalue weighted by Crippen LogP contribution is -2.17. The van der Waals surface area contributed by atoms with E-state index in [1.54, 1.807) is 6.07 Å². The summed E-state index contributed by atoms with van der Waals surface area (Å²) in [6.07, 6.45) is 4.75. The second kappa shape index (κ2) is 4.55. The van der Waals surface area contributed by atoms with E-state index < -0.39 is 0 Å². The van der Waals surface area contributed by atoms with Gasteiger partial charge in [-0.2, -0.15) is 5.26 Å². The molecule has 1 aliphatic rings. The highest BCUT2D eigenvalue weighted by atomic mass is 79.9. The Morgan fingerprint density at radius 2 is 2.06 bits per heavy atom. The molecule has 1 aliphatic carbocycles. The largest absolute Gasteiger partial charge is 0.207 e. The van der Waals surface area contributed by atoms with Gasteiger partial charge in [-0.15, -0.1) is 0 Å². The van der Waals surface area contributed by atoms with Gasteiger partial charge in [0.25, 0.3) is 0 Å². The van der Waals surface area contributed by atoms with Gasteiger partial charge < -0.3 is 0 Å². The van der Waals surface area contributed by atoms with Crippen molar-refractivity contribution in [1.82, 2.24) is 0 Å². The zero-order valence-electron chi connectivity index (χ0n) is 8.97. The lowest BCUT2D eigenvalue weighted by molar-refractivity contribution is 0.406. The van der Waals surface area contributed by atoms with Gasteiger partial charge in [0.15, 0.2) is 0 Å². The molecule has 0 saturated heterocycles. The first-order chi connectivity index (χ1) is 7.65. The number of halogens is 2.